The molecule has 124 valence electrons. The molecule has 1 aromatic heterocycles. The number of primary amides is 1. The second-order valence-corrected chi connectivity index (χ2v) is 6.34. The number of ether oxygens (including phenoxy) is 2. The second-order valence-electron chi connectivity index (χ2n) is 5.30. The Morgan fingerprint density at radius 2 is 2.09 bits per heavy atom. The van der Waals surface area contributed by atoms with E-state index in [1.165, 1.54) is 16.2 Å². The fraction of sp³-hybridized carbons (Fsp3) is 0.375. The first kappa shape index (κ1) is 17.1. The van der Waals surface area contributed by atoms with Crippen molar-refractivity contribution >= 4 is 22.5 Å². The zero-order valence-electron chi connectivity index (χ0n) is 13.7. The molecule has 0 saturated carbocycles. The zero-order chi connectivity index (χ0) is 17.0. The molecule has 0 fully saturated rings. The van der Waals surface area contributed by atoms with Gasteiger partial charge in [0.25, 0.3) is 0 Å². The maximum Gasteiger partial charge on any atom is 0.321 e. The SMILES string of the molecule is COc1ccc(CN(C(N)=O)c2ncc(C(C)C)s2)c(OC)c1. The molecule has 6 nitrogen and oxygen atoms in total. The first-order chi connectivity index (χ1) is 11.0. The average molecular weight is 335 g/mol. The summed E-state index contributed by atoms with van der Waals surface area (Å²) in [7, 11) is 3.17. The largest absolute Gasteiger partial charge is 0.497 e. The minimum atomic E-state index is -0.549. The lowest BCUT2D eigenvalue weighted by molar-refractivity contribution is 0.253. The molecule has 0 saturated heterocycles. The van der Waals surface area contributed by atoms with Crippen LogP contribution in [0.25, 0.3) is 0 Å². The van der Waals surface area contributed by atoms with Crippen molar-refractivity contribution in [3.05, 3.63) is 34.8 Å². The Morgan fingerprint density at radius 1 is 1.35 bits per heavy atom. The number of hydrogen-bond donors (Lipinski definition) is 1. The van der Waals surface area contributed by atoms with Gasteiger partial charge in [-0.15, -0.1) is 11.3 Å². The third-order valence-corrected chi connectivity index (χ3v) is 4.72. The monoisotopic (exact) mass is 335 g/mol. The molecule has 0 spiro atoms. The van der Waals surface area contributed by atoms with Crippen molar-refractivity contribution in [2.24, 2.45) is 5.73 Å². The summed E-state index contributed by atoms with van der Waals surface area (Å²) in [6, 6.07) is 4.89. The number of benzene rings is 1. The van der Waals surface area contributed by atoms with Gasteiger partial charge in [-0.1, -0.05) is 13.8 Å². The van der Waals surface area contributed by atoms with Crippen molar-refractivity contribution in [1.29, 1.82) is 0 Å². The molecule has 0 bridgehead atoms. The number of anilines is 1. The van der Waals surface area contributed by atoms with E-state index in [2.05, 4.69) is 18.8 Å². The summed E-state index contributed by atoms with van der Waals surface area (Å²) in [4.78, 5) is 18.7. The van der Waals surface area contributed by atoms with Gasteiger partial charge in [0.05, 0.1) is 20.8 Å². The number of carbonyl (C=O) groups excluding carboxylic acids is 1. The van der Waals surface area contributed by atoms with Gasteiger partial charge in [0.2, 0.25) is 0 Å². The summed E-state index contributed by atoms with van der Waals surface area (Å²) in [6.45, 7) is 4.45. The van der Waals surface area contributed by atoms with Crippen LogP contribution in [0.5, 0.6) is 11.5 Å². The Balaban J connectivity index is 2.31. The Kier molecular flexibility index (Phi) is 5.44. The first-order valence-electron chi connectivity index (χ1n) is 7.19. The number of rotatable bonds is 6. The second kappa shape index (κ2) is 7.32. The van der Waals surface area contributed by atoms with Crippen LogP contribution < -0.4 is 20.1 Å². The van der Waals surface area contributed by atoms with Gasteiger partial charge in [-0.25, -0.2) is 9.78 Å². The van der Waals surface area contributed by atoms with Gasteiger partial charge in [0.15, 0.2) is 5.13 Å². The van der Waals surface area contributed by atoms with E-state index in [1.807, 2.05) is 12.1 Å². The summed E-state index contributed by atoms with van der Waals surface area (Å²) < 4.78 is 10.6. The molecule has 2 aromatic rings. The minimum absolute atomic E-state index is 0.285. The first-order valence-corrected chi connectivity index (χ1v) is 8.01. The van der Waals surface area contributed by atoms with Gasteiger partial charge in [-0.2, -0.15) is 0 Å². The van der Waals surface area contributed by atoms with Crippen molar-refractivity contribution in [3.8, 4) is 11.5 Å². The Morgan fingerprint density at radius 3 is 2.61 bits per heavy atom. The molecule has 2 rings (SSSR count). The summed E-state index contributed by atoms with van der Waals surface area (Å²) in [5.41, 5.74) is 6.36. The third kappa shape index (κ3) is 3.92. The van der Waals surface area contributed by atoms with Crippen LogP contribution in [-0.4, -0.2) is 25.2 Å². The quantitative estimate of drug-likeness (QED) is 0.878. The van der Waals surface area contributed by atoms with E-state index >= 15 is 0 Å². The maximum atomic E-state index is 11.9. The molecule has 2 amide bonds. The van der Waals surface area contributed by atoms with Gasteiger partial charge >= 0.3 is 6.03 Å². The topological polar surface area (TPSA) is 77.7 Å². The molecule has 1 aromatic carbocycles. The van der Waals surface area contributed by atoms with Gasteiger partial charge in [-0.3, -0.25) is 4.90 Å². The zero-order valence-corrected chi connectivity index (χ0v) is 14.5. The highest BCUT2D eigenvalue weighted by Crippen LogP contribution is 2.31. The normalized spacial score (nSPS) is 10.7. The molecule has 0 aliphatic rings. The van der Waals surface area contributed by atoms with Crippen molar-refractivity contribution in [2.75, 3.05) is 19.1 Å². The number of carbonyl (C=O) groups is 1. The van der Waals surface area contributed by atoms with Gasteiger partial charge < -0.3 is 15.2 Å². The predicted molar refractivity (Wildman–Crippen MR) is 91.5 cm³/mol. The summed E-state index contributed by atoms with van der Waals surface area (Å²) in [6.07, 6.45) is 1.78. The lowest BCUT2D eigenvalue weighted by atomic mass is 10.2. The standard InChI is InChI=1S/C16H21N3O3S/c1-10(2)14-8-18-16(23-14)19(15(17)20)9-11-5-6-12(21-3)7-13(11)22-4/h5-8,10H,9H2,1-4H3,(H2,17,20). The Bertz CT molecular complexity index is 685. The van der Waals surface area contributed by atoms with Gasteiger partial charge in [0, 0.05) is 22.7 Å². The molecule has 7 heteroatoms. The smallest absolute Gasteiger partial charge is 0.321 e. The molecular weight excluding hydrogens is 314 g/mol. The van der Waals surface area contributed by atoms with Crippen molar-refractivity contribution in [1.82, 2.24) is 4.98 Å². The molecule has 1 heterocycles. The summed E-state index contributed by atoms with van der Waals surface area (Å²) in [5.74, 6) is 1.68. The number of hydrogen-bond acceptors (Lipinski definition) is 5. The van der Waals surface area contributed by atoms with E-state index in [0.717, 1.165) is 10.4 Å². The Labute approximate surface area is 139 Å². The highest BCUT2D eigenvalue weighted by Gasteiger charge is 2.19. The molecule has 0 aliphatic carbocycles. The van der Waals surface area contributed by atoms with Crippen LogP contribution in [0.2, 0.25) is 0 Å². The predicted octanol–water partition coefficient (Wildman–Crippen LogP) is 3.37. The van der Waals surface area contributed by atoms with E-state index in [0.29, 0.717) is 22.5 Å². The van der Waals surface area contributed by atoms with E-state index in [9.17, 15) is 4.79 Å². The van der Waals surface area contributed by atoms with Crippen LogP contribution in [0.3, 0.4) is 0 Å². The number of urea groups is 1. The molecule has 23 heavy (non-hydrogen) atoms. The number of aromatic nitrogens is 1. The molecule has 0 atom stereocenters. The molecule has 0 aliphatic heterocycles. The third-order valence-electron chi connectivity index (χ3n) is 3.40. The highest BCUT2D eigenvalue weighted by molar-refractivity contribution is 7.15. The summed E-state index contributed by atoms with van der Waals surface area (Å²) >= 11 is 1.47. The Hall–Kier alpha value is -2.28. The molecule has 0 radical (unpaired) electrons. The lowest BCUT2D eigenvalue weighted by Crippen LogP contribution is -2.35. The maximum absolute atomic E-state index is 11.9. The fourth-order valence-corrected chi connectivity index (χ4v) is 2.98. The minimum Gasteiger partial charge on any atom is -0.497 e. The van der Waals surface area contributed by atoms with Crippen LogP contribution in [0.4, 0.5) is 9.93 Å². The van der Waals surface area contributed by atoms with Crippen molar-refractivity contribution in [3.63, 3.8) is 0 Å². The number of nitrogens with two attached hydrogens (primary N) is 1. The number of methoxy groups -OCH3 is 2. The van der Waals surface area contributed by atoms with E-state index in [4.69, 9.17) is 15.2 Å². The fourth-order valence-electron chi connectivity index (χ4n) is 2.06. The average Bonchev–Trinajstić information content (AvgIpc) is 3.02. The van der Waals surface area contributed by atoms with Crippen LogP contribution in [0.15, 0.2) is 24.4 Å². The molecule has 2 N–H and O–H groups in total. The molecule has 0 unspecified atom stereocenters. The molecular formula is C16H21N3O3S. The number of nitrogens with zero attached hydrogens (tertiary/aromatic N) is 2. The van der Waals surface area contributed by atoms with Crippen molar-refractivity contribution in [2.45, 2.75) is 26.3 Å². The van der Waals surface area contributed by atoms with Gasteiger partial charge in [-0.05, 0) is 18.1 Å². The van der Waals surface area contributed by atoms with Crippen LogP contribution in [0.1, 0.15) is 30.2 Å². The van der Waals surface area contributed by atoms with Crippen LogP contribution in [0, 0.1) is 0 Å². The van der Waals surface area contributed by atoms with E-state index in [1.54, 1.807) is 26.5 Å². The van der Waals surface area contributed by atoms with Crippen molar-refractivity contribution < 1.29 is 14.3 Å². The van der Waals surface area contributed by atoms with Crippen LogP contribution in [-0.2, 0) is 6.54 Å². The number of thiazole rings is 1. The van der Waals surface area contributed by atoms with Gasteiger partial charge in [0.1, 0.15) is 11.5 Å². The highest BCUT2D eigenvalue weighted by atomic mass is 32.1. The van der Waals surface area contributed by atoms with Crippen LogP contribution >= 0.6 is 11.3 Å². The number of amides is 2. The lowest BCUT2D eigenvalue weighted by Gasteiger charge is -2.19. The summed E-state index contributed by atoms with van der Waals surface area (Å²) in [5, 5.41) is 0.582. The van der Waals surface area contributed by atoms with E-state index < -0.39 is 6.03 Å². The van der Waals surface area contributed by atoms with E-state index in [-0.39, 0.29) is 6.54 Å².